The molecule has 2 aliphatic heterocycles. The zero-order chi connectivity index (χ0) is 29.0. The number of H-pyrrole nitrogens is 1. The highest BCUT2D eigenvalue weighted by Crippen LogP contribution is 2.49. The number of nitrogens with one attached hydrogen (secondary N) is 2. The Kier molecular flexibility index (Phi) is 8.60. The molecule has 2 amide bonds. The van der Waals surface area contributed by atoms with Gasteiger partial charge in [0.1, 0.15) is 23.9 Å². The molecule has 0 radical (unpaired) electrons. The molecule has 0 spiro atoms. The number of aliphatic carboxylic acids is 2. The number of aromatic nitrogens is 4. The molecule has 1 unspecified atom stereocenters. The summed E-state index contributed by atoms with van der Waals surface area (Å²) in [5.41, 5.74) is -1.93. The third kappa shape index (κ3) is 5.45. The van der Waals surface area contributed by atoms with Crippen LogP contribution in [0.15, 0.2) is 45.8 Å². The van der Waals surface area contributed by atoms with E-state index in [1.54, 1.807) is 0 Å². The SMILES string of the molecule is CON=C(C(=O)N[C@]1(OC)C(=O)N2C(C(=O)O)=C(C(CCC(=O)O)Sc3nn[nH]n3)CS[C@H]21)c1ccc(O)cc1. The number of ether oxygens (including phenoxy) is 1. The lowest BCUT2D eigenvalue weighted by atomic mass is 9.96. The summed E-state index contributed by atoms with van der Waals surface area (Å²) in [6.07, 6.45) is -0.242. The normalized spacial score (nSPS) is 21.4. The van der Waals surface area contributed by atoms with Crippen LogP contribution in [0.1, 0.15) is 18.4 Å². The average Bonchev–Trinajstić information content (AvgIpc) is 3.45. The first-order chi connectivity index (χ1) is 19.1. The van der Waals surface area contributed by atoms with Gasteiger partial charge in [0.05, 0.1) is 0 Å². The molecule has 1 aromatic carbocycles. The zero-order valence-electron chi connectivity index (χ0n) is 20.9. The van der Waals surface area contributed by atoms with Crippen LogP contribution in [0, 0.1) is 0 Å². The Hall–Kier alpha value is -4.16. The van der Waals surface area contributed by atoms with Crippen LogP contribution in [0.3, 0.4) is 0 Å². The van der Waals surface area contributed by atoms with E-state index in [0.29, 0.717) is 5.57 Å². The first kappa shape index (κ1) is 28.8. The standard InChI is InChI=1S/C22H23N7O9S2/c1-37-22(23-17(33)15(26-38-2)10-3-5-11(30)6-4-10)19(36)29-16(18(34)35)12(9-39-20(22)29)13(7-8-14(31)32)40-21-24-27-28-25-21/h3-6,13,20,30H,7-9H2,1-2H3,(H,23,33)(H,31,32)(H,34,35)(H,24,25,27,28)/t13?,20-,22-/m0/s1. The largest absolute Gasteiger partial charge is 0.508 e. The number of rotatable bonds is 12. The molecule has 3 atom stereocenters. The molecule has 5 N–H and O–H groups in total. The summed E-state index contributed by atoms with van der Waals surface area (Å²) in [6.45, 7) is 0. The third-order valence-electron chi connectivity index (χ3n) is 6.01. The Morgan fingerprint density at radius 1 is 1.30 bits per heavy atom. The number of oxime groups is 1. The number of amides is 2. The summed E-state index contributed by atoms with van der Waals surface area (Å²) in [7, 11) is 2.43. The van der Waals surface area contributed by atoms with Gasteiger partial charge in [-0.15, -0.1) is 22.0 Å². The molecule has 212 valence electrons. The lowest BCUT2D eigenvalue weighted by Gasteiger charge is -2.56. The third-order valence-corrected chi connectivity index (χ3v) is 8.53. The quantitative estimate of drug-likeness (QED) is 0.0717. The van der Waals surface area contributed by atoms with Crippen molar-refractivity contribution in [1.29, 1.82) is 0 Å². The van der Waals surface area contributed by atoms with Crippen molar-refractivity contribution in [3.05, 3.63) is 41.1 Å². The Balaban J connectivity index is 1.65. The molecule has 16 nitrogen and oxygen atoms in total. The number of tetrazole rings is 1. The van der Waals surface area contributed by atoms with E-state index in [0.717, 1.165) is 28.4 Å². The summed E-state index contributed by atoms with van der Waals surface area (Å²) >= 11 is 2.15. The predicted molar refractivity (Wildman–Crippen MR) is 138 cm³/mol. The number of β-lactam (4-membered cyclic amide) rings is 1. The number of benzene rings is 1. The Labute approximate surface area is 234 Å². The molecule has 1 saturated heterocycles. The van der Waals surface area contributed by atoms with E-state index >= 15 is 0 Å². The highest BCUT2D eigenvalue weighted by molar-refractivity contribution is 8.01. The number of hydrogen-bond donors (Lipinski definition) is 5. The number of carboxylic acids is 2. The Morgan fingerprint density at radius 2 is 2.02 bits per heavy atom. The number of hydrogen-bond acceptors (Lipinski definition) is 13. The van der Waals surface area contributed by atoms with Crippen molar-refractivity contribution in [1.82, 2.24) is 30.8 Å². The van der Waals surface area contributed by atoms with Gasteiger partial charge >= 0.3 is 11.9 Å². The first-order valence-electron chi connectivity index (χ1n) is 11.4. The average molecular weight is 594 g/mol. The molecule has 0 aliphatic carbocycles. The molecular formula is C22H23N7O9S2. The van der Waals surface area contributed by atoms with Crippen molar-refractivity contribution in [3.63, 3.8) is 0 Å². The van der Waals surface area contributed by atoms with Gasteiger partial charge < -0.3 is 30.2 Å². The predicted octanol–water partition coefficient (Wildman–Crippen LogP) is -0.00580. The fourth-order valence-corrected chi connectivity index (χ4v) is 6.83. The van der Waals surface area contributed by atoms with E-state index < -0.39 is 40.1 Å². The highest BCUT2D eigenvalue weighted by Gasteiger charge is 2.67. The van der Waals surface area contributed by atoms with Crippen molar-refractivity contribution < 1.29 is 44.1 Å². The van der Waals surface area contributed by atoms with Gasteiger partial charge in [-0.1, -0.05) is 16.9 Å². The second-order valence-corrected chi connectivity index (χ2v) is 10.6. The van der Waals surface area contributed by atoms with Crippen LogP contribution in [0.4, 0.5) is 0 Å². The van der Waals surface area contributed by atoms with Crippen LogP contribution < -0.4 is 5.32 Å². The second kappa shape index (κ2) is 11.9. The van der Waals surface area contributed by atoms with Crippen LogP contribution >= 0.6 is 23.5 Å². The second-order valence-electron chi connectivity index (χ2n) is 8.31. The number of phenols is 1. The minimum absolute atomic E-state index is 0.0313. The number of nitrogens with zero attached hydrogens (tertiary/aromatic N) is 5. The van der Waals surface area contributed by atoms with Gasteiger partial charge in [0.2, 0.25) is 5.16 Å². The monoisotopic (exact) mass is 593 g/mol. The summed E-state index contributed by atoms with van der Waals surface area (Å²) in [5.74, 6) is -4.16. The Bertz CT molecular complexity index is 1370. The zero-order valence-corrected chi connectivity index (χ0v) is 22.6. The van der Waals surface area contributed by atoms with Crippen molar-refractivity contribution in [3.8, 4) is 5.75 Å². The van der Waals surface area contributed by atoms with Crippen LogP contribution in [0.5, 0.6) is 5.75 Å². The number of carbonyl (C=O) groups excluding carboxylic acids is 2. The van der Waals surface area contributed by atoms with Gasteiger partial charge in [0.15, 0.2) is 5.71 Å². The first-order valence-corrected chi connectivity index (χ1v) is 13.4. The van der Waals surface area contributed by atoms with Gasteiger partial charge in [-0.25, -0.2) is 4.79 Å². The fourth-order valence-electron chi connectivity index (χ4n) is 4.20. The van der Waals surface area contributed by atoms with E-state index in [-0.39, 0.29) is 46.5 Å². The minimum atomic E-state index is -1.93. The van der Waals surface area contributed by atoms with Crippen molar-refractivity contribution in [2.45, 2.75) is 34.3 Å². The molecule has 4 rings (SSSR count). The van der Waals surface area contributed by atoms with Gasteiger partial charge in [-0.2, -0.15) is 5.21 Å². The van der Waals surface area contributed by atoms with E-state index in [4.69, 9.17) is 9.57 Å². The maximum Gasteiger partial charge on any atom is 0.352 e. The lowest BCUT2D eigenvalue weighted by molar-refractivity contribution is -0.191. The summed E-state index contributed by atoms with van der Waals surface area (Å²) in [6, 6.07) is 5.53. The number of methoxy groups -OCH3 is 1. The van der Waals surface area contributed by atoms with Crippen molar-refractivity contribution in [2.24, 2.45) is 5.16 Å². The lowest BCUT2D eigenvalue weighted by Crippen LogP contribution is -2.81. The maximum absolute atomic E-state index is 13.5. The molecule has 0 saturated carbocycles. The van der Waals surface area contributed by atoms with E-state index in [9.17, 15) is 34.5 Å². The smallest absolute Gasteiger partial charge is 0.352 e. The van der Waals surface area contributed by atoms with Crippen LogP contribution in [-0.4, -0.2) is 107 Å². The number of carboxylic acid groups (broad SMARTS) is 2. The van der Waals surface area contributed by atoms with E-state index in [2.05, 4.69) is 31.1 Å². The number of fused-ring (bicyclic) bond motifs is 1. The number of aromatic amines is 1. The molecule has 18 heteroatoms. The fraction of sp³-hybridized carbons (Fsp3) is 0.364. The van der Waals surface area contributed by atoms with Crippen molar-refractivity contribution in [2.75, 3.05) is 20.0 Å². The van der Waals surface area contributed by atoms with Crippen LogP contribution in [0.25, 0.3) is 0 Å². The molecule has 2 aliphatic rings. The number of thioether (sulfide) groups is 2. The Morgan fingerprint density at radius 3 is 2.60 bits per heavy atom. The number of phenolic OH excluding ortho intramolecular Hbond substituents is 1. The maximum atomic E-state index is 13.5. The van der Waals surface area contributed by atoms with Crippen LogP contribution in [0.2, 0.25) is 0 Å². The van der Waals surface area contributed by atoms with Gasteiger partial charge in [0.25, 0.3) is 17.5 Å². The van der Waals surface area contributed by atoms with Gasteiger partial charge in [-0.3, -0.25) is 19.3 Å². The topological polar surface area (TPSA) is 230 Å². The highest BCUT2D eigenvalue weighted by atomic mass is 32.2. The van der Waals surface area contributed by atoms with E-state index in [1.807, 2.05) is 0 Å². The molecular weight excluding hydrogens is 570 g/mol. The molecule has 1 aromatic heterocycles. The molecule has 40 heavy (non-hydrogen) atoms. The van der Waals surface area contributed by atoms with Gasteiger partial charge in [0, 0.05) is 30.1 Å². The number of carbonyl (C=O) groups is 4. The van der Waals surface area contributed by atoms with Gasteiger partial charge in [-0.05, 0) is 41.5 Å². The molecule has 0 bridgehead atoms. The van der Waals surface area contributed by atoms with Crippen LogP contribution in [-0.2, 0) is 28.8 Å². The summed E-state index contributed by atoms with van der Waals surface area (Å²) < 4.78 is 5.49. The minimum Gasteiger partial charge on any atom is -0.508 e. The molecule has 2 aromatic rings. The van der Waals surface area contributed by atoms with E-state index in [1.165, 1.54) is 38.5 Å². The molecule has 1 fully saturated rings. The number of aromatic hydroxyl groups is 1. The summed E-state index contributed by atoms with van der Waals surface area (Å²) in [4.78, 5) is 56.3. The molecule has 3 heterocycles. The summed E-state index contributed by atoms with van der Waals surface area (Å²) in [5, 5.41) is 47.1. The van der Waals surface area contributed by atoms with Crippen molar-refractivity contribution >= 4 is 53.0 Å².